The van der Waals surface area contributed by atoms with Crippen molar-refractivity contribution in [2.24, 2.45) is 5.73 Å². The lowest BCUT2D eigenvalue weighted by Crippen LogP contribution is -2.39. The van der Waals surface area contributed by atoms with Gasteiger partial charge in [0, 0.05) is 17.7 Å². The Kier molecular flexibility index (Phi) is 6.77. The maximum atomic E-state index is 13.5. The van der Waals surface area contributed by atoms with Gasteiger partial charge in [0.1, 0.15) is 24.0 Å². The highest BCUT2D eigenvalue weighted by Crippen LogP contribution is 2.47. The molecule has 38 heavy (non-hydrogen) atoms. The highest BCUT2D eigenvalue weighted by molar-refractivity contribution is 6.01. The number of allylic oxidation sites excluding steroid dienone is 3. The van der Waals surface area contributed by atoms with Gasteiger partial charge in [0.2, 0.25) is 0 Å². The zero-order valence-corrected chi connectivity index (χ0v) is 21.8. The number of ketones is 1. The first-order chi connectivity index (χ1) is 18.3. The predicted octanol–water partition coefficient (Wildman–Crippen LogP) is 6.63. The minimum atomic E-state index is -0.548. The van der Waals surface area contributed by atoms with Crippen LogP contribution in [0.15, 0.2) is 83.3 Å². The number of para-hydroxylation sites is 1. The Morgan fingerprint density at radius 3 is 2.47 bits per heavy atom. The average molecular weight is 508 g/mol. The summed E-state index contributed by atoms with van der Waals surface area (Å²) in [6.45, 7) is 6.28. The number of halogens is 1. The molecule has 0 amide bonds. The lowest BCUT2D eigenvalue weighted by atomic mass is 9.74. The van der Waals surface area contributed by atoms with Crippen molar-refractivity contribution in [2.45, 2.75) is 52.6 Å². The molecule has 3 aromatic rings. The molecule has 1 unspecified atom stereocenters. The summed E-state index contributed by atoms with van der Waals surface area (Å²) in [5.74, 6) is 0.114. The van der Waals surface area contributed by atoms with Crippen LogP contribution in [-0.4, -0.2) is 5.78 Å². The minimum absolute atomic E-state index is 0.0548. The maximum Gasteiger partial charge on any atom is 0.161 e. The van der Waals surface area contributed by atoms with E-state index in [1.165, 1.54) is 12.1 Å². The van der Waals surface area contributed by atoms with E-state index in [1.54, 1.807) is 12.1 Å². The van der Waals surface area contributed by atoms with Gasteiger partial charge in [-0.1, -0.05) is 30.3 Å². The van der Waals surface area contributed by atoms with Crippen molar-refractivity contribution in [1.82, 2.24) is 0 Å². The van der Waals surface area contributed by atoms with Crippen molar-refractivity contribution in [2.75, 3.05) is 4.90 Å². The summed E-state index contributed by atoms with van der Waals surface area (Å²) < 4.78 is 19.3. The highest BCUT2D eigenvalue weighted by atomic mass is 19.1. The van der Waals surface area contributed by atoms with E-state index in [-0.39, 0.29) is 18.2 Å². The minimum Gasteiger partial charge on any atom is -0.489 e. The average Bonchev–Trinajstić information content (AvgIpc) is 2.89. The zero-order valence-electron chi connectivity index (χ0n) is 21.8. The number of nitriles is 1. The fraction of sp³-hybridized carbons (Fsp3) is 0.250. The van der Waals surface area contributed by atoms with Crippen LogP contribution >= 0.6 is 0 Å². The smallest absolute Gasteiger partial charge is 0.161 e. The largest absolute Gasteiger partial charge is 0.489 e. The Morgan fingerprint density at radius 1 is 1.03 bits per heavy atom. The van der Waals surface area contributed by atoms with E-state index in [2.05, 4.69) is 12.1 Å². The van der Waals surface area contributed by atoms with Crippen molar-refractivity contribution < 1.29 is 13.9 Å². The van der Waals surface area contributed by atoms with E-state index in [0.29, 0.717) is 35.6 Å². The molecular weight excluding hydrogens is 477 g/mol. The third-order valence-electron chi connectivity index (χ3n) is 7.51. The molecule has 2 aliphatic rings. The van der Waals surface area contributed by atoms with Gasteiger partial charge < -0.3 is 10.5 Å². The lowest BCUT2D eigenvalue weighted by molar-refractivity contribution is -0.116. The number of hydrogen-bond acceptors (Lipinski definition) is 5. The summed E-state index contributed by atoms with van der Waals surface area (Å²) in [5, 5.41) is 10.4. The number of nitrogens with zero attached hydrogens (tertiary/aromatic N) is 2. The zero-order chi connectivity index (χ0) is 27.0. The molecule has 0 bridgehead atoms. The summed E-state index contributed by atoms with van der Waals surface area (Å²) >= 11 is 0. The Labute approximate surface area is 222 Å². The summed E-state index contributed by atoms with van der Waals surface area (Å²) in [6.07, 6.45) is 1.89. The number of carbonyl (C=O) groups is 1. The number of hydrogen-bond donors (Lipinski definition) is 1. The lowest BCUT2D eigenvalue weighted by Gasteiger charge is -2.40. The SMILES string of the molecule is Cc1cc(C)c(C2C(C#N)=C(N)N(c3ccccc3C)C3=C2C(=O)CCC3)cc1COc1ccc(F)cc1. The fourth-order valence-corrected chi connectivity index (χ4v) is 5.56. The molecule has 6 heteroatoms. The van der Waals surface area contributed by atoms with Gasteiger partial charge >= 0.3 is 0 Å². The number of nitrogens with two attached hydrogens (primary N) is 1. The number of carbonyl (C=O) groups excluding carboxylic acids is 1. The molecule has 5 nitrogen and oxygen atoms in total. The first-order valence-corrected chi connectivity index (χ1v) is 12.8. The van der Waals surface area contributed by atoms with Crippen LogP contribution in [0.2, 0.25) is 0 Å². The molecule has 192 valence electrons. The van der Waals surface area contributed by atoms with Crippen molar-refractivity contribution in [1.29, 1.82) is 5.26 Å². The van der Waals surface area contributed by atoms with Gasteiger partial charge in [0.05, 0.1) is 23.2 Å². The normalized spacial score (nSPS) is 17.4. The van der Waals surface area contributed by atoms with Gasteiger partial charge in [0.15, 0.2) is 5.78 Å². The third-order valence-corrected chi connectivity index (χ3v) is 7.51. The number of ether oxygens (including phenoxy) is 1. The summed E-state index contributed by atoms with van der Waals surface area (Å²) in [4.78, 5) is 15.4. The van der Waals surface area contributed by atoms with E-state index in [0.717, 1.165) is 45.6 Å². The summed E-state index contributed by atoms with van der Waals surface area (Å²) in [6, 6.07) is 20.2. The predicted molar refractivity (Wildman–Crippen MR) is 146 cm³/mol. The van der Waals surface area contributed by atoms with E-state index in [4.69, 9.17) is 10.5 Å². The molecule has 2 N–H and O–H groups in total. The van der Waals surface area contributed by atoms with Crippen molar-refractivity contribution in [3.05, 3.63) is 117 Å². The highest BCUT2D eigenvalue weighted by Gasteiger charge is 2.41. The first-order valence-electron chi connectivity index (χ1n) is 12.8. The first kappa shape index (κ1) is 25.3. The molecule has 0 saturated heterocycles. The number of rotatable bonds is 5. The van der Waals surface area contributed by atoms with Crippen LogP contribution < -0.4 is 15.4 Å². The van der Waals surface area contributed by atoms with Crippen LogP contribution in [0.3, 0.4) is 0 Å². The standard InChI is InChI=1S/C32H30FN3O2/c1-19-7-4-5-8-27(19)36-28-9-6-10-29(37)31(28)30(26(17-34)32(36)35)25-16-22(20(2)15-21(25)3)18-38-24-13-11-23(33)12-14-24/h4-5,7-8,11-16,30H,6,9-10,18,35H2,1-3H3. The van der Waals surface area contributed by atoms with Gasteiger partial charge in [-0.25, -0.2) is 4.39 Å². The molecule has 5 rings (SSSR count). The van der Waals surface area contributed by atoms with Gasteiger partial charge in [0.25, 0.3) is 0 Å². The number of anilines is 1. The molecule has 0 radical (unpaired) electrons. The molecule has 1 atom stereocenters. The second kappa shape index (κ2) is 10.2. The second-order valence-corrected chi connectivity index (χ2v) is 9.98. The molecule has 3 aromatic carbocycles. The van der Waals surface area contributed by atoms with Crippen molar-refractivity contribution in [3.63, 3.8) is 0 Å². The number of aryl methyl sites for hydroxylation is 3. The molecule has 0 saturated carbocycles. The molecule has 0 aromatic heterocycles. The molecular formula is C32H30FN3O2. The quantitative estimate of drug-likeness (QED) is 0.419. The summed E-state index contributed by atoms with van der Waals surface area (Å²) in [5.41, 5.74) is 14.4. The van der Waals surface area contributed by atoms with Crippen LogP contribution in [-0.2, 0) is 11.4 Å². The molecule has 1 aliphatic carbocycles. The topological polar surface area (TPSA) is 79.4 Å². The van der Waals surface area contributed by atoms with Crippen LogP contribution in [0.25, 0.3) is 0 Å². The fourth-order valence-electron chi connectivity index (χ4n) is 5.56. The second-order valence-electron chi connectivity index (χ2n) is 9.98. The van der Waals surface area contributed by atoms with Crippen LogP contribution in [0.4, 0.5) is 10.1 Å². The van der Waals surface area contributed by atoms with Gasteiger partial charge in [-0.15, -0.1) is 0 Å². The van der Waals surface area contributed by atoms with E-state index in [9.17, 15) is 14.4 Å². The monoisotopic (exact) mass is 507 g/mol. The van der Waals surface area contributed by atoms with E-state index in [1.807, 2.05) is 56.0 Å². The Hall–Kier alpha value is -4.37. The van der Waals surface area contributed by atoms with Crippen LogP contribution in [0.5, 0.6) is 5.75 Å². The van der Waals surface area contributed by atoms with Crippen LogP contribution in [0, 0.1) is 37.9 Å². The number of benzene rings is 3. The van der Waals surface area contributed by atoms with Gasteiger partial charge in [-0.3, -0.25) is 9.69 Å². The Morgan fingerprint density at radius 2 is 1.76 bits per heavy atom. The Balaban J connectivity index is 1.63. The van der Waals surface area contributed by atoms with Gasteiger partial charge in [-0.2, -0.15) is 5.26 Å². The molecule has 0 fully saturated rings. The van der Waals surface area contributed by atoms with Gasteiger partial charge in [-0.05, 0) is 91.8 Å². The molecule has 1 heterocycles. The van der Waals surface area contributed by atoms with Crippen LogP contribution in [0.1, 0.15) is 53.0 Å². The molecule has 0 spiro atoms. The molecule has 1 aliphatic heterocycles. The van der Waals surface area contributed by atoms with Crippen molar-refractivity contribution >= 4 is 11.5 Å². The Bertz CT molecular complexity index is 1530. The van der Waals surface area contributed by atoms with Crippen molar-refractivity contribution in [3.8, 4) is 11.8 Å². The maximum absolute atomic E-state index is 13.5. The third kappa shape index (κ3) is 4.45. The van der Waals surface area contributed by atoms with E-state index >= 15 is 0 Å². The summed E-state index contributed by atoms with van der Waals surface area (Å²) in [7, 11) is 0. The number of Topliss-reactive ketones (excluding diaryl/α,β-unsaturated/α-hetero) is 1. The van der Waals surface area contributed by atoms with E-state index < -0.39 is 5.92 Å².